The van der Waals surface area contributed by atoms with E-state index in [2.05, 4.69) is 33.4 Å². The standard InChI is InChI=1S/C20H29F3N4.HI/c1-24-19(25-11-6-12-26(2)16-20(21,22)23)27-13-9-18(10-14-27)15-17-7-4-3-5-8-17;/h3-5,7-8,15H,6,9-14,16H2,1-2H3,(H,24,25);1H. The Morgan fingerprint density at radius 2 is 1.86 bits per heavy atom. The van der Waals surface area contributed by atoms with E-state index in [9.17, 15) is 13.2 Å². The highest BCUT2D eigenvalue weighted by atomic mass is 127. The first-order valence-electron chi connectivity index (χ1n) is 9.33. The summed E-state index contributed by atoms with van der Waals surface area (Å²) in [5.74, 6) is 0.826. The van der Waals surface area contributed by atoms with Gasteiger partial charge in [-0.2, -0.15) is 13.2 Å². The molecule has 1 aromatic carbocycles. The summed E-state index contributed by atoms with van der Waals surface area (Å²) in [6.07, 6.45) is 0.730. The lowest BCUT2D eigenvalue weighted by Crippen LogP contribution is -2.45. The SMILES string of the molecule is CN=C(NCCCN(C)CC(F)(F)F)N1CCC(=Cc2ccccc2)CC1.I. The number of nitrogens with zero attached hydrogens (tertiary/aromatic N) is 3. The van der Waals surface area contributed by atoms with Crippen LogP contribution in [0.5, 0.6) is 0 Å². The highest BCUT2D eigenvalue weighted by molar-refractivity contribution is 14.0. The van der Waals surface area contributed by atoms with Crippen LogP contribution >= 0.6 is 24.0 Å². The number of guanidine groups is 1. The van der Waals surface area contributed by atoms with Gasteiger partial charge in [-0.25, -0.2) is 0 Å². The van der Waals surface area contributed by atoms with Crippen LogP contribution in [0.25, 0.3) is 6.08 Å². The molecule has 2 rings (SSSR count). The van der Waals surface area contributed by atoms with Crippen LogP contribution in [0.2, 0.25) is 0 Å². The summed E-state index contributed by atoms with van der Waals surface area (Å²) in [4.78, 5) is 7.82. The van der Waals surface area contributed by atoms with E-state index >= 15 is 0 Å². The lowest BCUT2D eigenvalue weighted by Gasteiger charge is -2.31. The van der Waals surface area contributed by atoms with Crippen molar-refractivity contribution in [3.05, 3.63) is 41.5 Å². The van der Waals surface area contributed by atoms with Crippen LogP contribution in [0.1, 0.15) is 24.8 Å². The second-order valence-electron chi connectivity index (χ2n) is 6.88. The fourth-order valence-electron chi connectivity index (χ4n) is 3.20. The maximum Gasteiger partial charge on any atom is 0.401 e. The largest absolute Gasteiger partial charge is 0.401 e. The van der Waals surface area contributed by atoms with Crippen molar-refractivity contribution in [1.29, 1.82) is 0 Å². The highest BCUT2D eigenvalue weighted by Gasteiger charge is 2.28. The van der Waals surface area contributed by atoms with Crippen LogP contribution in [0.3, 0.4) is 0 Å². The van der Waals surface area contributed by atoms with Crippen molar-refractivity contribution in [2.45, 2.75) is 25.4 Å². The first-order chi connectivity index (χ1) is 12.9. The second-order valence-corrected chi connectivity index (χ2v) is 6.88. The van der Waals surface area contributed by atoms with Gasteiger partial charge in [-0.3, -0.25) is 9.89 Å². The summed E-state index contributed by atoms with van der Waals surface area (Å²) in [7, 11) is 3.24. The molecule has 28 heavy (non-hydrogen) atoms. The summed E-state index contributed by atoms with van der Waals surface area (Å²) in [5.41, 5.74) is 2.66. The minimum absolute atomic E-state index is 0. The number of hydrogen-bond acceptors (Lipinski definition) is 2. The van der Waals surface area contributed by atoms with Gasteiger partial charge in [0.2, 0.25) is 0 Å². The molecule has 4 nitrogen and oxygen atoms in total. The topological polar surface area (TPSA) is 30.9 Å². The van der Waals surface area contributed by atoms with Gasteiger partial charge in [-0.15, -0.1) is 24.0 Å². The Kier molecular flexibility index (Phi) is 10.9. The second kappa shape index (κ2) is 12.3. The predicted octanol–water partition coefficient (Wildman–Crippen LogP) is 4.24. The van der Waals surface area contributed by atoms with Crippen molar-refractivity contribution < 1.29 is 13.2 Å². The third-order valence-corrected chi connectivity index (χ3v) is 4.54. The number of piperidine rings is 1. The maximum absolute atomic E-state index is 12.3. The van der Waals surface area contributed by atoms with Gasteiger partial charge in [0, 0.05) is 26.7 Å². The van der Waals surface area contributed by atoms with Gasteiger partial charge in [0.1, 0.15) is 0 Å². The Labute approximate surface area is 182 Å². The molecule has 158 valence electrons. The number of benzene rings is 1. The lowest BCUT2D eigenvalue weighted by atomic mass is 10.0. The van der Waals surface area contributed by atoms with E-state index in [0.29, 0.717) is 19.5 Å². The third-order valence-electron chi connectivity index (χ3n) is 4.54. The molecule has 1 aliphatic heterocycles. The molecular formula is C20H30F3IN4. The van der Waals surface area contributed by atoms with Crippen molar-refractivity contribution in [3.63, 3.8) is 0 Å². The molecule has 0 aromatic heterocycles. The molecule has 0 radical (unpaired) electrons. The zero-order valence-electron chi connectivity index (χ0n) is 16.5. The average molecular weight is 510 g/mol. The van der Waals surface area contributed by atoms with Gasteiger partial charge < -0.3 is 10.2 Å². The number of alkyl halides is 3. The molecule has 0 amide bonds. The van der Waals surface area contributed by atoms with Crippen molar-refractivity contribution in [2.75, 3.05) is 46.8 Å². The molecule has 1 heterocycles. The normalized spacial score (nSPS) is 15.4. The smallest absolute Gasteiger partial charge is 0.356 e. The van der Waals surface area contributed by atoms with Gasteiger partial charge in [-0.05, 0) is 38.4 Å². The number of likely N-dealkylation sites (tertiary alicyclic amines) is 1. The van der Waals surface area contributed by atoms with Crippen LogP contribution < -0.4 is 5.32 Å². The summed E-state index contributed by atoms with van der Waals surface area (Å²) >= 11 is 0. The van der Waals surface area contributed by atoms with E-state index in [-0.39, 0.29) is 24.0 Å². The van der Waals surface area contributed by atoms with Crippen molar-refractivity contribution in [3.8, 4) is 0 Å². The molecule has 1 saturated heterocycles. The van der Waals surface area contributed by atoms with E-state index in [1.165, 1.54) is 23.1 Å². The van der Waals surface area contributed by atoms with E-state index in [0.717, 1.165) is 31.9 Å². The molecular weight excluding hydrogens is 480 g/mol. The summed E-state index contributed by atoms with van der Waals surface area (Å²) < 4.78 is 37.0. The van der Waals surface area contributed by atoms with Crippen molar-refractivity contribution >= 4 is 36.0 Å². The zero-order chi connectivity index (χ0) is 19.7. The van der Waals surface area contributed by atoms with Crippen LogP contribution in [0, 0.1) is 0 Å². The lowest BCUT2D eigenvalue weighted by molar-refractivity contribution is -0.143. The first-order valence-corrected chi connectivity index (χ1v) is 9.33. The fourth-order valence-corrected chi connectivity index (χ4v) is 3.20. The van der Waals surface area contributed by atoms with Gasteiger partial charge >= 0.3 is 6.18 Å². The Hall–Kier alpha value is -1.29. The minimum atomic E-state index is -4.14. The first kappa shape index (κ1) is 24.7. The van der Waals surface area contributed by atoms with Crippen molar-refractivity contribution in [1.82, 2.24) is 15.1 Å². The van der Waals surface area contributed by atoms with E-state index < -0.39 is 12.7 Å². The molecule has 1 aromatic rings. The van der Waals surface area contributed by atoms with Crippen molar-refractivity contribution in [2.24, 2.45) is 4.99 Å². The quantitative estimate of drug-likeness (QED) is 0.269. The average Bonchev–Trinajstić information content (AvgIpc) is 2.62. The summed E-state index contributed by atoms with van der Waals surface area (Å²) in [5, 5.41) is 3.27. The zero-order valence-corrected chi connectivity index (χ0v) is 18.8. The molecule has 0 unspecified atom stereocenters. The molecule has 1 aliphatic rings. The molecule has 1 N–H and O–H groups in total. The van der Waals surface area contributed by atoms with Gasteiger partial charge in [0.15, 0.2) is 5.96 Å². The minimum Gasteiger partial charge on any atom is -0.356 e. The number of rotatable bonds is 6. The number of aliphatic imine (C=N–C) groups is 1. The summed E-state index contributed by atoms with van der Waals surface area (Å²) in [6, 6.07) is 10.3. The Balaban J connectivity index is 0.00000392. The van der Waals surface area contributed by atoms with Gasteiger partial charge in [0.25, 0.3) is 0 Å². The van der Waals surface area contributed by atoms with Crippen LogP contribution in [-0.4, -0.2) is 68.8 Å². The van der Waals surface area contributed by atoms with Crippen LogP contribution in [0.15, 0.2) is 40.9 Å². The molecule has 0 bridgehead atoms. The van der Waals surface area contributed by atoms with Crippen LogP contribution in [-0.2, 0) is 0 Å². The van der Waals surface area contributed by atoms with E-state index in [4.69, 9.17) is 0 Å². The molecule has 0 atom stereocenters. The molecule has 8 heteroatoms. The maximum atomic E-state index is 12.3. The Morgan fingerprint density at radius 3 is 2.43 bits per heavy atom. The number of nitrogens with one attached hydrogen (secondary N) is 1. The van der Waals surface area contributed by atoms with Gasteiger partial charge in [-0.1, -0.05) is 42.0 Å². The Bertz CT molecular complexity index is 622. The summed E-state index contributed by atoms with van der Waals surface area (Å²) in [6.45, 7) is 1.93. The molecule has 1 fully saturated rings. The predicted molar refractivity (Wildman–Crippen MR) is 120 cm³/mol. The number of hydrogen-bond donors (Lipinski definition) is 1. The van der Waals surface area contributed by atoms with E-state index in [1.54, 1.807) is 7.05 Å². The number of halogens is 4. The fraction of sp³-hybridized carbons (Fsp3) is 0.550. The molecule has 0 aliphatic carbocycles. The monoisotopic (exact) mass is 510 g/mol. The third kappa shape index (κ3) is 9.27. The van der Waals surface area contributed by atoms with Gasteiger partial charge in [0.05, 0.1) is 6.54 Å². The van der Waals surface area contributed by atoms with E-state index in [1.807, 2.05) is 18.2 Å². The molecule has 0 spiro atoms. The highest BCUT2D eigenvalue weighted by Crippen LogP contribution is 2.19. The van der Waals surface area contributed by atoms with Crippen LogP contribution in [0.4, 0.5) is 13.2 Å². The Morgan fingerprint density at radius 1 is 1.21 bits per heavy atom. The molecule has 0 saturated carbocycles.